The monoisotopic (exact) mass is 272 g/mol. The predicted molar refractivity (Wildman–Crippen MR) is 71.7 cm³/mol. The Hall–Kier alpha value is -0.580. The van der Waals surface area contributed by atoms with Crippen LogP contribution >= 0.6 is 22.9 Å². The molecular weight excluding hydrogens is 256 g/mol. The van der Waals surface area contributed by atoms with Gasteiger partial charge in [-0.25, -0.2) is 0 Å². The van der Waals surface area contributed by atoms with Crippen LogP contribution in [-0.2, 0) is 0 Å². The van der Waals surface area contributed by atoms with Gasteiger partial charge in [-0.2, -0.15) is 0 Å². The highest BCUT2D eigenvalue weighted by Gasteiger charge is 2.31. The molecule has 0 radical (unpaired) electrons. The molecule has 2 unspecified atom stereocenters. The van der Waals surface area contributed by atoms with Crippen LogP contribution in [-0.4, -0.2) is 29.4 Å². The fraction of sp³-hybridized carbons (Fsp3) is 0.583. The Morgan fingerprint density at radius 1 is 1.59 bits per heavy atom. The van der Waals surface area contributed by atoms with Gasteiger partial charge in [-0.05, 0) is 38.3 Å². The molecule has 1 aromatic heterocycles. The normalized spacial score (nSPS) is 25.0. The molecule has 3 nitrogen and oxygen atoms in total. The second kappa shape index (κ2) is 5.38. The zero-order valence-corrected chi connectivity index (χ0v) is 11.4. The number of nitrogens with two attached hydrogens (primary N) is 1. The highest BCUT2D eigenvalue weighted by Crippen LogP contribution is 2.28. The molecule has 94 valence electrons. The van der Waals surface area contributed by atoms with E-state index in [-0.39, 0.29) is 18.0 Å². The maximum Gasteiger partial charge on any atom is 0.264 e. The van der Waals surface area contributed by atoms with E-state index in [1.165, 1.54) is 11.3 Å². The summed E-state index contributed by atoms with van der Waals surface area (Å²) >= 11 is 7.21. The van der Waals surface area contributed by atoms with E-state index in [9.17, 15) is 4.79 Å². The summed E-state index contributed by atoms with van der Waals surface area (Å²) in [6.07, 6.45) is 3.21. The summed E-state index contributed by atoms with van der Waals surface area (Å²) in [6.45, 7) is 2.63. The molecule has 2 rings (SSSR count). The highest BCUT2D eigenvalue weighted by molar-refractivity contribution is 7.17. The van der Waals surface area contributed by atoms with Gasteiger partial charge in [-0.15, -0.1) is 11.3 Å². The number of hydrogen-bond donors (Lipinski definition) is 1. The summed E-state index contributed by atoms with van der Waals surface area (Å²) < 4.78 is 0.655. The quantitative estimate of drug-likeness (QED) is 0.900. The Labute approximate surface area is 111 Å². The lowest BCUT2D eigenvalue weighted by molar-refractivity contribution is 0.0499. The van der Waals surface area contributed by atoms with E-state index in [0.717, 1.165) is 19.3 Å². The van der Waals surface area contributed by atoms with Crippen molar-refractivity contribution in [1.29, 1.82) is 0 Å². The molecule has 17 heavy (non-hydrogen) atoms. The van der Waals surface area contributed by atoms with Crippen molar-refractivity contribution in [1.82, 2.24) is 4.90 Å². The van der Waals surface area contributed by atoms with Crippen molar-refractivity contribution in [2.75, 3.05) is 6.54 Å². The van der Waals surface area contributed by atoms with E-state index >= 15 is 0 Å². The smallest absolute Gasteiger partial charge is 0.264 e. The van der Waals surface area contributed by atoms with Crippen molar-refractivity contribution in [2.24, 2.45) is 5.73 Å². The average Bonchev–Trinajstić information content (AvgIpc) is 2.74. The molecule has 0 spiro atoms. The largest absolute Gasteiger partial charge is 0.331 e. The third-order valence-corrected chi connectivity index (χ3v) is 4.54. The van der Waals surface area contributed by atoms with Crippen LogP contribution in [0.3, 0.4) is 0 Å². The van der Waals surface area contributed by atoms with E-state index in [4.69, 9.17) is 17.3 Å². The number of likely N-dealkylation sites (tertiary alicyclic amines) is 1. The predicted octanol–water partition coefficient (Wildman–Crippen LogP) is 2.74. The number of nitrogens with zero attached hydrogens (tertiary/aromatic N) is 1. The number of thiophene rings is 1. The van der Waals surface area contributed by atoms with Gasteiger partial charge in [0.1, 0.15) is 0 Å². The molecule has 0 bridgehead atoms. The molecule has 1 aromatic rings. The van der Waals surface area contributed by atoms with Crippen LogP contribution in [0, 0.1) is 0 Å². The Morgan fingerprint density at radius 3 is 2.94 bits per heavy atom. The van der Waals surface area contributed by atoms with Gasteiger partial charge in [-0.1, -0.05) is 11.6 Å². The van der Waals surface area contributed by atoms with E-state index in [0.29, 0.717) is 15.8 Å². The molecule has 0 saturated carbocycles. The van der Waals surface area contributed by atoms with Gasteiger partial charge in [-0.3, -0.25) is 4.79 Å². The number of carbonyl (C=O) groups is 1. The minimum absolute atomic E-state index is 0.0737. The Kier molecular flexibility index (Phi) is 4.07. The lowest BCUT2D eigenvalue weighted by Gasteiger charge is -2.40. The van der Waals surface area contributed by atoms with Gasteiger partial charge < -0.3 is 10.6 Å². The first kappa shape index (κ1) is 12.9. The first-order chi connectivity index (χ1) is 8.13. The van der Waals surface area contributed by atoms with Crippen molar-refractivity contribution in [3.05, 3.63) is 21.3 Å². The molecule has 2 atom stereocenters. The standard InChI is InChI=1S/C12H17ClN2OS/c1-8-3-2-4-9(7-14)15(8)12(16)10-5-6-11(13)17-10/h5-6,8-9H,2-4,7,14H2,1H3. The lowest BCUT2D eigenvalue weighted by Crippen LogP contribution is -2.51. The Balaban J connectivity index is 2.21. The Morgan fingerprint density at radius 2 is 2.35 bits per heavy atom. The number of hydrogen-bond acceptors (Lipinski definition) is 3. The number of rotatable bonds is 2. The molecule has 1 fully saturated rings. The number of amides is 1. The van der Waals surface area contributed by atoms with Crippen LogP contribution in [0.25, 0.3) is 0 Å². The maximum atomic E-state index is 12.4. The van der Waals surface area contributed by atoms with Crippen LogP contribution in [0.4, 0.5) is 0 Å². The maximum absolute atomic E-state index is 12.4. The van der Waals surface area contributed by atoms with E-state index in [2.05, 4.69) is 6.92 Å². The van der Waals surface area contributed by atoms with Crippen LogP contribution in [0.5, 0.6) is 0 Å². The Bertz CT molecular complexity index is 407. The van der Waals surface area contributed by atoms with Gasteiger partial charge in [0, 0.05) is 18.6 Å². The molecular formula is C12H17ClN2OS. The first-order valence-corrected chi connectivity index (χ1v) is 7.11. The molecule has 5 heteroatoms. The summed E-state index contributed by atoms with van der Waals surface area (Å²) in [7, 11) is 0. The second-order valence-corrected chi connectivity index (χ2v) is 6.20. The molecule has 0 aromatic carbocycles. The number of halogens is 1. The molecule has 0 aliphatic carbocycles. The van der Waals surface area contributed by atoms with E-state index in [1.54, 1.807) is 12.1 Å². The summed E-state index contributed by atoms with van der Waals surface area (Å²) in [4.78, 5) is 15.1. The molecule has 2 heterocycles. The summed E-state index contributed by atoms with van der Waals surface area (Å²) in [5.41, 5.74) is 5.76. The van der Waals surface area contributed by atoms with Crippen molar-refractivity contribution in [2.45, 2.75) is 38.3 Å². The second-order valence-electron chi connectivity index (χ2n) is 4.49. The van der Waals surface area contributed by atoms with Gasteiger partial charge in [0.2, 0.25) is 0 Å². The summed E-state index contributed by atoms with van der Waals surface area (Å²) in [5, 5.41) is 0. The number of piperidine rings is 1. The van der Waals surface area contributed by atoms with Gasteiger partial charge in [0.25, 0.3) is 5.91 Å². The van der Waals surface area contributed by atoms with Crippen LogP contribution < -0.4 is 5.73 Å². The minimum Gasteiger partial charge on any atom is -0.331 e. The minimum atomic E-state index is 0.0737. The van der Waals surface area contributed by atoms with Crippen molar-refractivity contribution in [3.63, 3.8) is 0 Å². The molecule has 2 N–H and O–H groups in total. The summed E-state index contributed by atoms with van der Waals surface area (Å²) in [6, 6.07) is 4.01. The van der Waals surface area contributed by atoms with Crippen molar-refractivity contribution in [3.8, 4) is 0 Å². The van der Waals surface area contributed by atoms with E-state index in [1.807, 2.05) is 4.90 Å². The SMILES string of the molecule is CC1CCCC(CN)N1C(=O)c1ccc(Cl)s1. The lowest BCUT2D eigenvalue weighted by atomic mass is 9.96. The first-order valence-electron chi connectivity index (χ1n) is 5.91. The van der Waals surface area contributed by atoms with E-state index < -0.39 is 0 Å². The zero-order valence-electron chi connectivity index (χ0n) is 9.86. The topological polar surface area (TPSA) is 46.3 Å². The zero-order chi connectivity index (χ0) is 12.4. The van der Waals surface area contributed by atoms with Gasteiger partial charge in [0.15, 0.2) is 0 Å². The molecule has 1 amide bonds. The van der Waals surface area contributed by atoms with Crippen LogP contribution in [0.1, 0.15) is 35.9 Å². The van der Waals surface area contributed by atoms with Crippen molar-refractivity contribution >= 4 is 28.8 Å². The number of carbonyl (C=O) groups excluding carboxylic acids is 1. The van der Waals surface area contributed by atoms with Gasteiger partial charge in [0.05, 0.1) is 9.21 Å². The average molecular weight is 273 g/mol. The fourth-order valence-corrected chi connectivity index (χ4v) is 3.43. The molecule has 1 aliphatic rings. The van der Waals surface area contributed by atoms with Gasteiger partial charge >= 0.3 is 0 Å². The molecule has 1 aliphatic heterocycles. The van der Waals surface area contributed by atoms with Crippen LogP contribution in [0.2, 0.25) is 4.34 Å². The van der Waals surface area contributed by atoms with Crippen molar-refractivity contribution < 1.29 is 4.79 Å². The fourth-order valence-electron chi connectivity index (χ4n) is 2.44. The molecule has 1 saturated heterocycles. The third-order valence-electron chi connectivity index (χ3n) is 3.32. The highest BCUT2D eigenvalue weighted by atomic mass is 35.5. The summed E-state index contributed by atoms with van der Waals surface area (Å²) in [5.74, 6) is 0.0737. The van der Waals surface area contributed by atoms with Crippen LogP contribution in [0.15, 0.2) is 12.1 Å². The third kappa shape index (κ3) is 2.64.